The number of nitrogens with one attached hydrogen (secondary N) is 1. The molecule has 0 bridgehead atoms. The van der Waals surface area contributed by atoms with Crippen molar-refractivity contribution in [3.8, 4) is 11.5 Å². The first kappa shape index (κ1) is 22.6. The normalized spacial score (nSPS) is 16.1. The third kappa shape index (κ3) is 6.70. The second-order valence-electron chi connectivity index (χ2n) is 7.89. The number of amides is 2. The minimum atomic E-state index is -0.453. The van der Waals surface area contributed by atoms with Crippen molar-refractivity contribution in [2.75, 3.05) is 25.0 Å². The van der Waals surface area contributed by atoms with E-state index in [9.17, 15) is 14.0 Å². The number of carbonyl (C=O) groups excluding carboxylic acids is 2. The zero-order valence-electron chi connectivity index (χ0n) is 18.0. The van der Waals surface area contributed by atoms with Gasteiger partial charge in [0.1, 0.15) is 17.3 Å². The Morgan fingerprint density at radius 2 is 1.97 bits per heavy atom. The van der Waals surface area contributed by atoms with Gasteiger partial charge in [-0.2, -0.15) is 0 Å². The fourth-order valence-electron chi connectivity index (χ4n) is 3.54. The lowest BCUT2D eigenvalue weighted by molar-refractivity contribution is -0.135. The van der Waals surface area contributed by atoms with Crippen molar-refractivity contribution in [1.82, 2.24) is 4.90 Å². The van der Waals surface area contributed by atoms with E-state index in [1.54, 1.807) is 4.90 Å². The van der Waals surface area contributed by atoms with E-state index in [0.29, 0.717) is 30.9 Å². The lowest BCUT2D eigenvalue weighted by Gasteiger charge is -2.32. The third-order valence-corrected chi connectivity index (χ3v) is 5.03. The smallest absolute Gasteiger partial charge is 0.229 e. The average Bonchev–Trinajstić information content (AvgIpc) is 2.76. The molecule has 2 aromatic rings. The minimum absolute atomic E-state index is 0.0389. The van der Waals surface area contributed by atoms with Crippen LogP contribution in [-0.2, 0) is 9.59 Å². The average molecular weight is 429 g/mol. The summed E-state index contributed by atoms with van der Waals surface area (Å²) in [4.78, 5) is 27.1. The van der Waals surface area contributed by atoms with Crippen molar-refractivity contribution < 1.29 is 23.5 Å². The van der Waals surface area contributed by atoms with Crippen molar-refractivity contribution in [2.45, 2.75) is 39.2 Å². The summed E-state index contributed by atoms with van der Waals surface area (Å²) in [5.74, 6) is 0.0562. The Balaban J connectivity index is 1.54. The van der Waals surface area contributed by atoms with Crippen LogP contribution in [0.2, 0.25) is 0 Å². The first-order valence-corrected chi connectivity index (χ1v) is 10.6. The number of benzene rings is 2. The van der Waals surface area contributed by atoms with Gasteiger partial charge in [0.15, 0.2) is 0 Å². The van der Waals surface area contributed by atoms with Crippen molar-refractivity contribution >= 4 is 17.5 Å². The van der Waals surface area contributed by atoms with Crippen LogP contribution >= 0.6 is 0 Å². The Labute approximate surface area is 182 Å². The summed E-state index contributed by atoms with van der Waals surface area (Å²) < 4.78 is 25.0. The van der Waals surface area contributed by atoms with Crippen LogP contribution in [0.3, 0.4) is 0 Å². The molecule has 1 atom stereocenters. The molecule has 1 heterocycles. The summed E-state index contributed by atoms with van der Waals surface area (Å²) in [5, 5.41) is 2.78. The van der Waals surface area contributed by atoms with Crippen LogP contribution in [0.15, 0.2) is 48.5 Å². The molecule has 1 saturated heterocycles. The SMILES string of the molecule is CC(C)Oc1ccc(F)cc1NC(=O)C1CCCN(C(=O)CCOc2ccccc2)C1. The maximum Gasteiger partial charge on any atom is 0.229 e. The Morgan fingerprint density at radius 3 is 2.71 bits per heavy atom. The number of nitrogens with zero attached hydrogens (tertiary/aromatic N) is 1. The number of piperidine rings is 1. The van der Waals surface area contributed by atoms with Gasteiger partial charge in [0.05, 0.1) is 30.7 Å². The Morgan fingerprint density at radius 1 is 1.19 bits per heavy atom. The van der Waals surface area contributed by atoms with E-state index in [0.717, 1.165) is 12.2 Å². The summed E-state index contributed by atoms with van der Waals surface area (Å²) in [5.41, 5.74) is 0.304. The van der Waals surface area contributed by atoms with Gasteiger partial charge in [-0.3, -0.25) is 9.59 Å². The highest BCUT2D eigenvalue weighted by atomic mass is 19.1. The van der Waals surface area contributed by atoms with Gasteiger partial charge < -0.3 is 19.7 Å². The van der Waals surface area contributed by atoms with Crippen molar-refractivity contribution in [2.24, 2.45) is 5.92 Å². The van der Waals surface area contributed by atoms with Crippen molar-refractivity contribution in [1.29, 1.82) is 0 Å². The molecular formula is C24H29FN2O4. The minimum Gasteiger partial charge on any atom is -0.493 e. The molecular weight excluding hydrogens is 399 g/mol. The molecule has 0 spiro atoms. The van der Waals surface area contributed by atoms with Gasteiger partial charge in [0.25, 0.3) is 0 Å². The highest BCUT2D eigenvalue weighted by Crippen LogP contribution is 2.28. The molecule has 1 fully saturated rings. The molecule has 6 nitrogen and oxygen atoms in total. The lowest BCUT2D eigenvalue weighted by Crippen LogP contribution is -2.44. The summed E-state index contributed by atoms with van der Waals surface area (Å²) in [6, 6.07) is 13.4. The molecule has 0 radical (unpaired) electrons. The summed E-state index contributed by atoms with van der Waals surface area (Å²) >= 11 is 0. The molecule has 0 aliphatic carbocycles. The third-order valence-electron chi connectivity index (χ3n) is 5.03. The second-order valence-corrected chi connectivity index (χ2v) is 7.89. The number of halogens is 1. The Kier molecular flexibility index (Phi) is 7.87. The maximum atomic E-state index is 13.7. The standard InChI is InChI=1S/C24H29FN2O4/c1-17(2)31-22-11-10-19(25)15-21(22)26-24(29)18-7-6-13-27(16-18)23(28)12-14-30-20-8-4-3-5-9-20/h3-5,8-11,15,17-18H,6-7,12-14,16H2,1-2H3,(H,26,29). The monoisotopic (exact) mass is 428 g/mol. The molecule has 31 heavy (non-hydrogen) atoms. The van der Waals surface area contributed by atoms with Gasteiger partial charge in [-0.1, -0.05) is 18.2 Å². The highest BCUT2D eigenvalue weighted by Gasteiger charge is 2.29. The number of rotatable bonds is 8. The fraction of sp³-hybridized carbons (Fsp3) is 0.417. The van der Waals surface area contributed by atoms with Crippen molar-refractivity contribution in [3.63, 3.8) is 0 Å². The molecule has 0 aromatic heterocycles. The van der Waals surface area contributed by atoms with Gasteiger partial charge in [-0.15, -0.1) is 0 Å². The second kappa shape index (κ2) is 10.8. The molecule has 2 aromatic carbocycles. The van der Waals surface area contributed by atoms with E-state index in [1.807, 2.05) is 44.2 Å². The molecule has 2 amide bonds. The number of para-hydroxylation sites is 1. The molecule has 0 saturated carbocycles. The van der Waals surface area contributed by atoms with E-state index in [4.69, 9.17) is 9.47 Å². The van der Waals surface area contributed by atoms with Gasteiger partial charge in [-0.05, 0) is 51.0 Å². The molecule has 1 unspecified atom stereocenters. The number of hydrogen-bond donors (Lipinski definition) is 1. The molecule has 1 aliphatic rings. The lowest BCUT2D eigenvalue weighted by atomic mass is 9.96. The number of hydrogen-bond acceptors (Lipinski definition) is 4. The first-order chi connectivity index (χ1) is 14.9. The molecule has 166 valence electrons. The van der Waals surface area contributed by atoms with Crippen LogP contribution in [0.25, 0.3) is 0 Å². The molecule has 1 aliphatic heterocycles. The Hall–Kier alpha value is -3.09. The van der Waals surface area contributed by atoms with Crippen LogP contribution < -0.4 is 14.8 Å². The predicted octanol–water partition coefficient (Wildman–Crippen LogP) is 4.26. The quantitative estimate of drug-likeness (QED) is 0.682. The molecule has 7 heteroatoms. The van der Waals surface area contributed by atoms with E-state index < -0.39 is 5.82 Å². The number of ether oxygens (including phenoxy) is 2. The van der Waals surface area contributed by atoms with Crippen LogP contribution in [-0.4, -0.2) is 42.5 Å². The van der Waals surface area contributed by atoms with Crippen LogP contribution in [0.1, 0.15) is 33.1 Å². The van der Waals surface area contributed by atoms with E-state index >= 15 is 0 Å². The Bertz CT molecular complexity index is 888. The summed E-state index contributed by atoms with van der Waals surface area (Å²) in [6.07, 6.45) is 1.55. The van der Waals surface area contributed by atoms with Crippen molar-refractivity contribution in [3.05, 3.63) is 54.3 Å². The number of carbonyl (C=O) groups is 2. The van der Waals surface area contributed by atoms with Crippen LogP contribution in [0.5, 0.6) is 11.5 Å². The zero-order valence-corrected chi connectivity index (χ0v) is 18.0. The van der Waals surface area contributed by atoms with Gasteiger partial charge in [0, 0.05) is 19.2 Å². The highest BCUT2D eigenvalue weighted by molar-refractivity contribution is 5.94. The number of likely N-dealkylation sites (tertiary alicyclic amines) is 1. The van der Waals surface area contributed by atoms with Gasteiger partial charge in [-0.25, -0.2) is 4.39 Å². The zero-order chi connectivity index (χ0) is 22.2. The topological polar surface area (TPSA) is 67.9 Å². The van der Waals surface area contributed by atoms with Gasteiger partial charge >= 0.3 is 0 Å². The maximum absolute atomic E-state index is 13.7. The first-order valence-electron chi connectivity index (χ1n) is 10.6. The van der Waals surface area contributed by atoms with E-state index in [1.165, 1.54) is 18.2 Å². The van der Waals surface area contributed by atoms with E-state index in [-0.39, 0.29) is 36.9 Å². The van der Waals surface area contributed by atoms with Crippen LogP contribution in [0.4, 0.5) is 10.1 Å². The van der Waals surface area contributed by atoms with Gasteiger partial charge in [0.2, 0.25) is 11.8 Å². The van der Waals surface area contributed by atoms with Crippen LogP contribution in [0, 0.1) is 11.7 Å². The molecule has 3 rings (SSSR count). The molecule has 1 N–H and O–H groups in total. The largest absolute Gasteiger partial charge is 0.493 e. The summed E-state index contributed by atoms with van der Waals surface area (Å²) in [7, 11) is 0. The van der Waals surface area contributed by atoms with E-state index in [2.05, 4.69) is 5.32 Å². The fourth-order valence-corrected chi connectivity index (χ4v) is 3.54. The summed E-state index contributed by atoms with van der Waals surface area (Å²) in [6.45, 7) is 4.97. The predicted molar refractivity (Wildman–Crippen MR) is 117 cm³/mol. The number of anilines is 1.